The molecule has 0 aliphatic carbocycles. The molecule has 0 saturated carbocycles. The minimum atomic E-state index is -0.717. The number of fused-ring (bicyclic) bond motifs is 2. The molecule has 0 fully saturated rings. The zero-order chi connectivity index (χ0) is 26.7. The van der Waals surface area contributed by atoms with Gasteiger partial charge in [-0.05, 0) is 18.6 Å². The van der Waals surface area contributed by atoms with Gasteiger partial charge in [-0.3, -0.25) is 29.8 Å². The maximum atomic E-state index is 12.0. The minimum absolute atomic E-state index is 0.0341. The molecule has 37 heavy (non-hydrogen) atoms. The summed E-state index contributed by atoms with van der Waals surface area (Å²) in [5.74, 6) is -2.28. The predicted molar refractivity (Wildman–Crippen MR) is 126 cm³/mol. The molecule has 16 nitrogen and oxygen atoms in total. The Balaban J connectivity index is 1.36. The molecule has 16 heteroatoms. The SMILES string of the molecule is O=C(CCCC(=O)N=Nc1c(O)[nH]c2ccc([N+](=O)[O-])cc12)N=Nc1c(O)[nH]c2ccc([N+](=O)[O-])cc12. The predicted octanol–water partition coefficient (Wildman–Crippen LogP) is 4.97. The van der Waals surface area contributed by atoms with E-state index in [4.69, 9.17) is 0 Å². The highest BCUT2D eigenvalue weighted by molar-refractivity contribution is 5.96. The number of aromatic hydroxyl groups is 2. The fourth-order valence-electron chi connectivity index (χ4n) is 3.43. The number of nitro groups is 2. The van der Waals surface area contributed by atoms with Crippen LogP contribution >= 0.6 is 0 Å². The molecule has 0 spiro atoms. The Labute approximate surface area is 204 Å². The molecule has 0 unspecified atom stereocenters. The van der Waals surface area contributed by atoms with Crippen LogP contribution in [0.1, 0.15) is 19.3 Å². The van der Waals surface area contributed by atoms with Crippen LogP contribution in [-0.4, -0.2) is 41.8 Å². The number of benzene rings is 2. The topological polar surface area (TPSA) is 242 Å². The van der Waals surface area contributed by atoms with E-state index in [0.717, 1.165) is 0 Å². The Morgan fingerprint density at radius 2 is 1.16 bits per heavy atom. The van der Waals surface area contributed by atoms with Crippen molar-refractivity contribution in [3.05, 3.63) is 56.6 Å². The second-order valence-electron chi connectivity index (χ2n) is 7.66. The van der Waals surface area contributed by atoms with E-state index < -0.39 is 33.4 Å². The first kappa shape index (κ1) is 24.6. The lowest BCUT2D eigenvalue weighted by Crippen LogP contribution is -1.96. The molecule has 2 aromatic carbocycles. The third-order valence-corrected chi connectivity index (χ3v) is 5.20. The molecule has 0 radical (unpaired) electrons. The van der Waals surface area contributed by atoms with Crippen molar-refractivity contribution in [1.29, 1.82) is 0 Å². The first-order valence-corrected chi connectivity index (χ1v) is 10.5. The van der Waals surface area contributed by atoms with E-state index in [1.165, 1.54) is 36.4 Å². The van der Waals surface area contributed by atoms with Crippen molar-refractivity contribution < 1.29 is 29.6 Å². The molecule has 2 amide bonds. The quantitative estimate of drug-likeness (QED) is 0.143. The Morgan fingerprint density at radius 3 is 1.54 bits per heavy atom. The lowest BCUT2D eigenvalue weighted by molar-refractivity contribution is -0.384. The first-order valence-electron chi connectivity index (χ1n) is 10.5. The second-order valence-corrected chi connectivity index (χ2v) is 7.66. The van der Waals surface area contributed by atoms with Gasteiger partial charge in [0, 0.05) is 47.9 Å². The number of carbonyl (C=O) groups excluding carboxylic acids is 2. The number of nitro benzene ring substituents is 2. The standard InChI is InChI=1S/C21H16N8O8/c30-16(24-26-18-12-8-10(28(34)35)4-6-14(12)22-20(18)32)2-1-3-17(31)25-27-19-13-9-11(29(36)37)5-7-15(13)23-21(19)33/h4-9,22-23,32-33H,1-3H2. The van der Waals surface area contributed by atoms with Crippen LogP contribution in [0.25, 0.3) is 21.8 Å². The molecule has 2 aromatic heterocycles. The molecule has 0 aliphatic rings. The van der Waals surface area contributed by atoms with Crippen molar-refractivity contribution >= 4 is 56.4 Å². The number of hydrogen-bond donors (Lipinski definition) is 4. The molecular formula is C21H16N8O8. The lowest BCUT2D eigenvalue weighted by atomic mass is 10.2. The fourth-order valence-corrected chi connectivity index (χ4v) is 3.43. The Kier molecular flexibility index (Phi) is 6.63. The Hall–Kier alpha value is -5.54. The number of nitrogens with one attached hydrogen (secondary N) is 2. The van der Waals surface area contributed by atoms with E-state index in [1.54, 1.807) is 0 Å². The molecule has 4 N–H and O–H groups in total. The van der Waals surface area contributed by atoms with Crippen molar-refractivity contribution in [2.45, 2.75) is 19.3 Å². The zero-order valence-electron chi connectivity index (χ0n) is 18.6. The van der Waals surface area contributed by atoms with Gasteiger partial charge < -0.3 is 20.2 Å². The van der Waals surface area contributed by atoms with Gasteiger partial charge in [-0.1, -0.05) is 0 Å². The number of carbonyl (C=O) groups is 2. The highest BCUT2D eigenvalue weighted by Crippen LogP contribution is 2.38. The summed E-state index contributed by atoms with van der Waals surface area (Å²) >= 11 is 0. The number of H-pyrrole nitrogens is 2. The first-order chi connectivity index (χ1) is 17.6. The highest BCUT2D eigenvalue weighted by Gasteiger charge is 2.17. The highest BCUT2D eigenvalue weighted by atomic mass is 16.6. The van der Waals surface area contributed by atoms with Gasteiger partial charge in [0.25, 0.3) is 23.2 Å². The number of azo groups is 2. The average molecular weight is 508 g/mol. The molecule has 2 heterocycles. The van der Waals surface area contributed by atoms with E-state index in [0.29, 0.717) is 11.0 Å². The summed E-state index contributed by atoms with van der Waals surface area (Å²) in [6, 6.07) is 7.59. The number of aromatic nitrogens is 2. The summed E-state index contributed by atoms with van der Waals surface area (Å²) in [6.45, 7) is 0. The maximum absolute atomic E-state index is 12.0. The third-order valence-electron chi connectivity index (χ3n) is 5.20. The van der Waals surface area contributed by atoms with Crippen LogP contribution in [0.15, 0.2) is 56.9 Å². The summed E-state index contributed by atoms with van der Waals surface area (Å²) < 4.78 is 0. The third kappa shape index (κ3) is 5.26. The van der Waals surface area contributed by atoms with Crippen molar-refractivity contribution in [3.63, 3.8) is 0 Å². The van der Waals surface area contributed by atoms with Gasteiger partial charge in [0.05, 0.1) is 20.9 Å². The Bertz CT molecular complexity index is 1510. The van der Waals surface area contributed by atoms with Crippen LogP contribution in [0, 0.1) is 20.2 Å². The minimum Gasteiger partial charge on any atom is -0.493 e. The molecule has 0 atom stereocenters. The van der Waals surface area contributed by atoms with Crippen molar-refractivity contribution in [3.8, 4) is 11.8 Å². The van der Waals surface area contributed by atoms with Crippen LogP contribution in [0.2, 0.25) is 0 Å². The second kappa shape index (κ2) is 9.98. The van der Waals surface area contributed by atoms with Gasteiger partial charge in [-0.25, -0.2) is 0 Å². The van der Waals surface area contributed by atoms with Crippen LogP contribution in [0.3, 0.4) is 0 Å². The number of hydrogen-bond acceptors (Lipinski definition) is 10. The number of amides is 2. The number of nitrogens with zero attached hydrogens (tertiary/aromatic N) is 6. The maximum Gasteiger partial charge on any atom is 0.270 e. The summed E-state index contributed by atoms with van der Waals surface area (Å²) in [5.41, 5.74) is -0.0405. The van der Waals surface area contributed by atoms with Crippen molar-refractivity contribution in [2.75, 3.05) is 0 Å². The molecule has 0 bridgehead atoms. The summed E-state index contributed by atoms with van der Waals surface area (Å²) in [7, 11) is 0. The van der Waals surface area contributed by atoms with E-state index in [9.17, 15) is 40.0 Å². The van der Waals surface area contributed by atoms with Crippen LogP contribution in [-0.2, 0) is 9.59 Å². The number of non-ortho nitro benzene ring substituents is 2. The molecular weight excluding hydrogens is 492 g/mol. The monoisotopic (exact) mass is 508 g/mol. The number of aromatic amines is 2. The van der Waals surface area contributed by atoms with Gasteiger partial charge in [0.2, 0.25) is 11.8 Å². The van der Waals surface area contributed by atoms with Gasteiger partial charge in [-0.15, -0.1) is 20.5 Å². The summed E-state index contributed by atoms with van der Waals surface area (Å²) in [6.07, 6.45) is -0.358. The van der Waals surface area contributed by atoms with E-state index in [2.05, 4.69) is 30.4 Å². The van der Waals surface area contributed by atoms with Gasteiger partial charge in [-0.2, -0.15) is 0 Å². The van der Waals surface area contributed by atoms with E-state index >= 15 is 0 Å². The molecule has 4 aromatic rings. The van der Waals surface area contributed by atoms with E-state index in [-0.39, 0.29) is 52.8 Å². The molecule has 4 rings (SSSR count). The van der Waals surface area contributed by atoms with E-state index in [1.807, 2.05) is 0 Å². The zero-order valence-corrected chi connectivity index (χ0v) is 18.6. The molecule has 0 aliphatic heterocycles. The molecule has 0 saturated heterocycles. The van der Waals surface area contributed by atoms with Gasteiger partial charge in [0.1, 0.15) is 0 Å². The van der Waals surface area contributed by atoms with Crippen LogP contribution in [0.4, 0.5) is 22.7 Å². The smallest absolute Gasteiger partial charge is 0.270 e. The van der Waals surface area contributed by atoms with Crippen LogP contribution in [0.5, 0.6) is 11.8 Å². The van der Waals surface area contributed by atoms with Gasteiger partial charge >= 0.3 is 0 Å². The molecule has 188 valence electrons. The Morgan fingerprint density at radius 1 is 0.757 bits per heavy atom. The average Bonchev–Trinajstić information content (AvgIpc) is 3.34. The largest absolute Gasteiger partial charge is 0.493 e. The normalized spacial score (nSPS) is 11.7. The van der Waals surface area contributed by atoms with Gasteiger partial charge in [0.15, 0.2) is 11.4 Å². The lowest BCUT2D eigenvalue weighted by Gasteiger charge is -1.95. The number of rotatable bonds is 8. The summed E-state index contributed by atoms with van der Waals surface area (Å²) in [4.78, 5) is 49.9. The fraction of sp³-hybridized carbons (Fsp3) is 0.143. The summed E-state index contributed by atoms with van der Waals surface area (Å²) in [5, 5.41) is 56.6. The van der Waals surface area contributed by atoms with Crippen molar-refractivity contribution in [1.82, 2.24) is 9.97 Å². The van der Waals surface area contributed by atoms with Crippen molar-refractivity contribution in [2.24, 2.45) is 20.5 Å². The van der Waals surface area contributed by atoms with Crippen LogP contribution < -0.4 is 0 Å².